The van der Waals surface area contributed by atoms with E-state index in [1.807, 2.05) is 48.5 Å². The van der Waals surface area contributed by atoms with E-state index in [4.69, 9.17) is 9.47 Å². The van der Waals surface area contributed by atoms with Crippen molar-refractivity contribution in [1.29, 1.82) is 0 Å². The van der Waals surface area contributed by atoms with Crippen molar-refractivity contribution < 1.29 is 14.3 Å². The summed E-state index contributed by atoms with van der Waals surface area (Å²) in [7, 11) is 0. The van der Waals surface area contributed by atoms with Crippen LogP contribution in [0.2, 0.25) is 0 Å². The molecule has 1 heterocycles. The fourth-order valence-corrected chi connectivity index (χ4v) is 3.46. The summed E-state index contributed by atoms with van der Waals surface area (Å²) >= 11 is 0. The first-order valence-electron chi connectivity index (χ1n) is 8.84. The molecule has 0 bridgehead atoms. The van der Waals surface area contributed by atoms with Crippen LogP contribution in [0.3, 0.4) is 0 Å². The summed E-state index contributed by atoms with van der Waals surface area (Å²) in [4.78, 5) is 12.4. The van der Waals surface area contributed by atoms with Gasteiger partial charge in [-0.1, -0.05) is 30.3 Å². The molecule has 1 aliphatic carbocycles. The minimum absolute atomic E-state index is 0.140. The van der Waals surface area contributed by atoms with Gasteiger partial charge in [-0.05, 0) is 43.9 Å². The Labute approximate surface area is 147 Å². The first-order chi connectivity index (χ1) is 12.3. The highest BCUT2D eigenvalue weighted by atomic mass is 16.5. The van der Waals surface area contributed by atoms with E-state index in [1.165, 1.54) is 12.8 Å². The summed E-state index contributed by atoms with van der Waals surface area (Å²) in [6.07, 6.45) is 4.83. The Kier molecular flexibility index (Phi) is 4.46. The fourth-order valence-electron chi connectivity index (χ4n) is 3.46. The van der Waals surface area contributed by atoms with Gasteiger partial charge in [-0.15, -0.1) is 0 Å². The molecule has 2 aromatic carbocycles. The average Bonchev–Trinajstić information content (AvgIpc) is 3.27. The Morgan fingerprint density at radius 1 is 1.04 bits per heavy atom. The second-order valence-corrected chi connectivity index (χ2v) is 6.52. The molecular weight excluding hydrogens is 316 g/mol. The van der Waals surface area contributed by atoms with Gasteiger partial charge >= 0.3 is 6.03 Å². The third kappa shape index (κ3) is 3.55. The minimum atomic E-state index is -0.257. The summed E-state index contributed by atoms with van der Waals surface area (Å²) in [5, 5.41) is 5.89. The molecule has 5 heteroatoms. The van der Waals surface area contributed by atoms with E-state index in [0.717, 1.165) is 29.9 Å². The predicted molar refractivity (Wildman–Crippen MR) is 96.2 cm³/mol. The maximum Gasteiger partial charge on any atom is 0.319 e. The number of fused-ring (bicyclic) bond motifs is 1. The highest BCUT2D eigenvalue weighted by molar-refractivity contribution is 5.91. The standard InChI is InChI=1S/C20H22N2O3/c23-20(22-17-13-24-18-11-5-3-9-15(17)18)21-16-10-4-6-12-19(16)25-14-7-1-2-8-14/h3-6,9-12,14,17H,1-2,7-8,13H2,(H2,21,22,23)/t17-/m1/s1. The lowest BCUT2D eigenvalue weighted by Crippen LogP contribution is -2.33. The number of benzene rings is 2. The lowest BCUT2D eigenvalue weighted by molar-refractivity contribution is 0.210. The minimum Gasteiger partial charge on any atom is -0.491 e. The van der Waals surface area contributed by atoms with Gasteiger partial charge in [-0.3, -0.25) is 0 Å². The molecule has 1 saturated carbocycles. The van der Waals surface area contributed by atoms with Crippen LogP contribution >= 0.6 is 0 Å². The van der Waals surface area contributed by atoms with Crippen molar-refractivity contribution in [3.8, 4) is 11.5 Å². The number of hydrogen-bond donors (Lipinski definition) is 2. The lowest BCUT2D eigenvalue weighted by Gasteiger charge is -2.18. The van der Waals surface area contributed by atoms with Gasteiger partial charge in [-0.2, -0.15) is 0 Å². The van der Waals surface area contributed by atoms with Gasteiger partial charge in [0.15, 0.2) is 0 Å². The van der Waals surface area contributed by atoms with Crippen LogP contribution in [0.5, 0.6) is 11.5 Å². The van der Waals surface area contributed by atoms with Gasteiger partial charge in [0.05, 0.1) is 17.8 Å². The summed E-state index contributed by atoms with van der Waals surface area (Å²) in [6.45, 7) is 0.451. The number of ether oxygens (including phenoxy) is 2. The highest BCUT2D eigenvalue weighted by Gasteiger charge is 2.25. The van der Waals surface area contributed by atoms with E-state index in [2.05, 4.69) is 10.6 Å². The number of nitrogens with one attached hydrogen (secondary N) is 2. The zero-order valence-electron chi connectivity index (χ0n) is 14.0. The van der Waals surface area contributed by atoms with Crippen LogP contribution in [0.1, 0.15) is 37.3 Å². The highest BCUT2D eigenvalue weighted by Crippen LogP contribution is 2.32. The molecule has 2 N–H and O–H groups in total. The Morgan fingerprint density at radius 3 is 2.68 bits per heavy atom. The van der Waals surface area contributed by atoms with Crippen molar-refractivity contribution in [3.05, 3.63) is 54.1 Å². The smallest absolute Gasteiger partial charge is 0.319 e. The summed E-state index contributed by atoms with van der Waals surface area (Å²) in [5.74, 6) is 1.56. The second-order valence-electron chi connectivity index (χ2n) is 6.52. The molecule has 130 valence electrons. The molecule has 0 unspecified atom stereocenters. The van der Waals surface area contributed by atoms with Crippen LogP contribution in [-0.4, -0.2) is 18.7 Å². The summed E-state index contributed by atoms with van der Waals surface area (Å²) in [6, 6.07) is 15.0. The second kappa shape index (κ2) is 7.05. The van der Waals surface area contributed by atoms with Crippen LogP contribution in [0.15, 0.2) is 48.5 Å². The monoisotopic (exact) mass is 338 g/mol. The number of hydrogen-bond acceptors (Lipinski definition) is 3. The van der Waals surface area contributed by atoms with Gasteiger partial charge < -0.3 is 20.1 Å². The van der Waals surface area contributed by atoms with Gasteiger partial charge in [0.2, 0.25) is 0 Å². The maximum atomic E-state index is 12.4. The molecule has 2 aromatic rings. The van der Waals surface area contributed by atoms with E-state index in [-0.39, 0.29) is 18.2 Å². The number of urea groups is 1. The molecule has 0 radical (unpaired) electrons. The molecule has 5 nitrogen and oxygen atoms in total. The fraction of sp³-hybridized carbons (Fsp3) is 0.350. The number of carbonyl (C=O) groups is 1. The SMILES string of the molecule is O=C(Nc1ccccc1OC1CCCC1)N[C@@H]1COc2ccccc21. The zero-order valence-corrected chi connectivity index (χ0v) is 14.0. The third-order valence-electron chi connectivity index (χ3n) is 4.74. The van der Waals surface area contributed by atoms with Crippen molar-refractivity contribution in [2.75, 3.05) is 11.9 Å². The topological polar surface area (TPSA) is 59.6 Å². The Bertz CT molecular complexity index is 756. The van der Waals surface area contributed by atoms with E-state index in [9.17, 15) is 4.79 Å². The van der Waals surface area contributed by atoms with Crippen LogP contribution in [0, 0.1) is 0 Å². The van der Waals surface area contributed by atoms with E-state index >= 15 is 0 Å². The molecule has 1 atom stereocenters. The van der Waals surface area contributed by atoms with Gasteiger partial charge in [0, 0.05) is 5.56 Å². The van der Waals surface area contributed by atoms with E-state index in [1.54, 1.807) is 0 Å². The number of amides is 2. The van der Waals surface area contributed by atoms with Crippen LogP contribution in [0.4, 0.5) is 10.5 Å². The van der Waals surface area contributed by atoms with Crippen molar-refractivity contribution in [2.24, 2.45) is 0 Å². The predicted octanol–water partition coefficient (Wildman–Crippen LogP) is 4.26. The summed E-state index contributed by atoms with van der Waals surface area (Å²) in [5.41, 5.74) is 1.70. The zero-order chi connectivity index (χ0) is 17.1. The first-order valence-corrected chi connectivity index (χ1v) is 8.84. The molecule has 2 amide bonds. The number of rotatable bonds is 4. The third-order valence-corrected chi connectivity index (χ3v) is 4.74. The molecule has 25 heavy (non-hydrogen) atoms. The summed E-state index contributed by atoms with van der Waals surface area (Å²) < 4.78 is 11.7. The van der Waals surface area contributed by atoms with E-state index < -0.39 is 0 Å². The Morgan fingerprint density at radius 2 is 1.80 bits per heavy atom. The van der Waals surface area contributed by atoms with Crippen molar-refractivity contribution in [2.45, 2.75) is 37.8 Å². The van der Waals surface area contributed by atoms with Gasteiger partial charge in [0.1, 0.15) is 18.1 Å². The van der Waals surface area contributed by atoms with Crippen LogP contribution in [0.25, 0.3) is 0 Å². The Balaban J connectivity index is 1.41. The maximum absolute atomic E-state index is 12.4. The molecule has 2 aliphatic rings. The molecule has 4 rings (SSSR count). The van der Waals surface area contributed by atoms with Crippen molar-refractivity contribution in [3.63, 3.8) is 0 Å². The average molecular weight is 338 g/mol. The molecular formula is C20H22N2O3. The Hall–Kier alpha value is -2.69. The first kappa shape index (κ1) is 15.8. The normalized spacial score (nSPS) is 19.1. The molecule has 0 aromatic heterocycles. The number of para-hydroxylation sites is 3. The number of carbonyl (C=O) groups excluding carboxylic acids is 1. The molecule has 0 saturated heterocycles. The molecule has 1 fully saturated rings. The van der Waals surface area contributed by atoms with E-state index in [0.29, 0.717) is 12.3 Å². The largest absolute Gasteiger partial charge is 0.491 e. The molecule has 0 spiro atoms. The molecule has 1 aliphatic heterocycles. The van der Waals surface area contributed by atoms with Gasteiger partial charge in [0.25, 0.3) is 0 Å². The van der Waals surface area contributed by atoms with Gasteiger partial charge in [-0.25, -0.2) is 4.79 Å². The van der Waals surface area contributed by atoms with Crippen LogP contribution in [-0.2, 0) is 0 Å². The lowest BCUT2D eigenvalue weighted by atomic mass is 10.1. The van der Waals surface area contributed by atoms with Crippen molar-refractivity contribution >= 4 is 11.7 Å². The number of anilines is 1. The quantitative estimate of drug-likeness (QED) is 0.875. The van der Waals surface area contributed by atoms with Crippen molar-refractivity contribution in [1.82, 2.24) is 5.32 Å². The van der Waals surface area contributed by atoms with Crippen LogP contribution < -0.4 is 20.1 Å².